The zero-order valence-electron chi connectivity index (χ0n) is 14.7. The number of carbonyl (C=O) groups is 1. The fourth-order valence-corrected chi connectivity index (χ4v) is 2.28. The number of non-ortho nitro benzene ring substituents is 1. The summed E-state index contributed by atoms with van der Waals surface area (Å²) in [5, 5.41) is 18.4. The first kappa shape index (κ1) is 18.1. The second kappa shape index (κ2) is 7.65. The number of hydrogen-bond donors (Lipinski definition) is 0. The van der Waals surface area contributed by atoms with Crippen LogP contribution in [0.4, 0.5) is 11.4 Å². The third kappa shape index (κ3) is 4.27. The number of ether oxygens (including phenoxy) is 1. The van der Waals surface area contributed by atoms with Gasteiger partial charge in [-0.25, -0.2) is 4.79 Å². The number of esters is 1. The van der Waals surface area contributed by atoms with Crippen molar-refractivity contribution in [2.45, 2.75) is 6.61 Å². The van der Waals surface area contributed by atoms with E-state index in [1.807, 2.05) is 25.1 Å². The van der Waals surface area contributed by atoms with Crippen LogP contribution in [0.5, 0.6) is 0 Å². The molecule has 0 spiro atoms. The molecule has 0 saturated carbocycles. The van der Waals surface area contributed by atoms with Crippen LogP contribution in [0.1, 0.15) is 16.2 Å². The van der Waals surface area contributed by atoms with Crippen molar-refractivity contribution >= 4 is 17.3 Å². The van der Waals surface area contributed by atoms with Gasteiger partial charge < -0.3 is 14.1 Å². The van der Waals surface area contributed by atoms with Gasteiger partial charge in [-0.15, -0.1) is 10.2 Å². The highest BCUT2D eigenvalue weighted by Gasteiger charge is 2.14. The van der Waals surface area contributed by atoms with Crippen molar-refractivity contribution < 1.29 is 18.9 Å². The van der Waals surface area contributed by atoms with Crippen molar-refractivity contribution in [2.75, 3.05) is 19.0 Å². The van der Waals surface area contributed by atoms with E-state index in [2.05, 4.69) is 10.2 Å². The predicted molar refractivity (Wildman–Crippen MR) is 96.3 cm³/mol. The number of carbonyl (C=O) groups excluding carboxylic acids is 1. The van der Waals surface area contributed by atoms with Crippen LogP contribution in [-0.2, 0) is 11.3 Å². The lowest BCUT2D eigenvalue weighted by molar-refractivity contribution is -0.384. The Kier molecular flexibility index (Phi) is 5.11. The Morgan fingerprint density at radius 2 is 1.93 bits per heavy atom. The molecule has 0 aliphatic carbocycles. The molecule has 138 valence electrons. The van der Waals surface area contributed by atoms with E-state index in [0.717, 1.165) is 5.69 Å². The third-order valence-electron chi connectivity index (χ3n) is 3.72. The molecule has 3 rings (SSSR count). The molecule has 0 radical (unpaired) electrons. The number of nitro groups is 1. The summed E-state index contributed by atoms with van der Waals surface area (Å²) in [5.41, 5.74) is 1.79. The quantitative estimate of drug-likeness (QED) is 0.371. The maximum absolute atomic E-state index is 12.2. The standard InChI is InChI=1S/C18H16N4O5/c1-21(2)15-5-3-4-13(10-15)18(23)26-11-16-19-20-17(27-16)12-6-8-14(9-7-12)22(24)25/h3-10H,11H2,1-2H3. The fourth-order valence-electron chi connectivity index (χ4n) is 2.28. The number of nitro benzene ring substituents is 1. The van der Waals surface area contributed by atoms with Crippen molar-refractivity contribution in [3.63, 3.8) is 0 Å². The zero-order valence-corrected chi connectivity index (χ0v) is 14.7. The van der Waals surface area contributed by atoms with E-state index in [-0.39, 0.29) is 24.1 Å². The van der Waals surface area contributed by atoms with Crippen molar-refractivity contribution in [1.82, 2.24) is 10.2 Å². The van der Waals surface area contributed by atoms with E-state index in [1.54, 1.807) is 18.2 Å². The average Bonchev–Trinajstić information content (AvgIpc) is 3.15. The molecule has 0 fully saturated rings. The van der Waals surface area contributed by atoms with Gasteiger partial charge in [-0.05, 0) is 30.3 Å². The van der Waals surface area contributed by atoms with Crippen LogP contribution in [0.25, 0.3) is 11.5 Å². The number of nitrogens with zero attached hydrogens (tertiary/aromatic N) is 4. The largest absolute Gasteiger partial charge is 0.452 e. The minimum Gasteiger partial charge on any atom is -0.452 e. The van der Waals surface area contributed by atoms with Gasteiger partial charge in [-0.3, -0.25) is 10.1 Å². The van der Waals surface area contributed by atoms with Crippen LogP contribution in [0, 0.1) is 10.1 Å². The molecule has 0 amide bonds. The molecule has 0 saturated heterocycles. The van der Waals surface area contributed by atoms with E-state index in [0.29, 0.717) is 11.1 Å². The topological polar surface area (TPSA) is 112 Å². The highest BCUT2D eigenvalue weighted by atomic mass is 16.6. The van der Waals surface area contributed by atoms with Crippen molar-refractivity contribution in [1.29, 1.82) is 0 Å². The smallest absolute Gasteiger partial charge is 0.338 e. The normalized spacial score (nSPS) is 10.4. The van der Waals surface area contributed by atoms with Crippen LogP contribution in [0.2, 0.25) is 0 Å². The Balaban J connectivity index is 1.65. The molecule has 9 nitrogen and oxygen atoms in total. The predicted octanol–water partition coefficient (Wildman–Crippen LogP) is 3.07. The zero-order chi connectivity index (χ0) is 19.4. The molecule has 0 N–H and O–H groups in total. The van der Waals surface area contributed by atoms with Crippen LogP contribution >= 0.6 is 0 Å². The highest BCUT2D eigenvalue weighted by Crippen LogP contribution is 2.21. The minimum atomic E-state index is -0.506. The van der Waals surface area contributed by atoms with E-state index in [1.165, 1.54) is 24.3 Å². The minimum absolute atomic E-state index is 0.0348. The number of aromatic nitrogens is 2. The molecule has 27 heavy (non-hydrogen) atoms. The maximum atomic E-state index is 12.2. The molecule has 1 heterocycles. The van der Waals surface area contributed by atoms with Gasteiger partial charge in [-0.1, -0.05) is 6.07 Å². The fraction of sp³-hybridized carbons (Fsp3) is 0.167. The van der Waals surface area contributed by atoms with Crippen molar-refractivity contribution in [2.24, 2.45) is 0 Å². The van der Waals surface area contributed by atoms with Gasteiger partial charge >= 0.3 is 5.97 Å². The SMILES string of the molecule is CN(C)c1cccc(C(=O)OCc2nnc(-c3ccc([N+](=O)[O-])cc3)o2)c1. The van der Waals surface area contributed by atoms with Gasteiger partial charge in [0.25, 0.3) is 11.6 Å². The molecule has 1 aromatic heterocycles. The van der Waals surface area contributed by atoms with Crippen LogP contribution in [-0.4, -0.2) is 35.2 Å². The summed E-state index contributed by atoms with van der Waals surface area (Å²) >= 11 is 0. The molecule has 0 unspecified atom stereocenters. The monoisotopic (exact) mass is 368 g/mol. The third-order valence-corrected chi connectivity index (χ3v) is 3.72. The highest BCUT2D eigenvalue weighted by molar-refractivity contribution is 5.90. The first-order chi connectivity index (χ1) is 12.9. The van der Waals surface area contributed by atoms with Crippen LogP contribution < -0.4 is 4.90 Å². The van der Waals surface area contributed by atoms with Gasteiger partial charge in [0.05, 0.1) is 10.5 Å². The van der Waals surface area contributed by atoms with E-state index >= 15 is 0 Å². The van der Waals surface area contributed by atoms with Gasteiger partial charge in [0, 0.05) is 37.5 Å². The van der Waals surface area contributed by atoms with E-state index in [9.17, 15) is 14.9 Å². The first-order valence-corrected chi connectivity index (χ1v) is 7.96. The van der Waals surface area contributed by atoms with Crippen LogP contribution in [0.3, 0.4) is 0 Å². The van der Waals surface area contributed by atoms with Gasteiger partial charge in [0.15, 0.2) is 6.61 Å². The van der Waals surface area contributed by atoms with Gasteiger partial charge in [0.1, 0.15) is 0 Å². The molecule has 0 bridgehead atoms. The number of benzene rings is 2. The first-order valence-electron chi connectivity index (χ1n) is 7.96. The summed E-state index contributed by atoms with van der Waals surface area (Å²) in [6.45, 7) is -0.176. The Hall–Kier alpha value is -3.75. The summed E-state index contributed by atoms with van der Waals surface area (Å²) in [6, 6.07) is 12.7. The number of rotatable bonds is 6. The second-order valence-electron chi connectivity index (χ2n) is 5.83. The summed E-state index contributed by atoms with van der Waals surface area (Å²) < 4.78 is 10.6. The van der Waals surface area contributed by atoms with Gasteiger partial charge in [0.2, 0.25) is 5.89 Å². The number of anilines is 1. The van der Waals surface area contributed by atoms with Crippen molar-refractivity contribution in [3.8, 4) is 11.5 Å². The molecular formula is C18H16N4O5. The Morgan fingerprint density at radius 3 is 2.59 bits per heavy atom. The lowest BCUT2D eigenvalue weighted by Crippen LogP contribution is -2.11. The molecule has 0 aliphatic heterocycles. The second-order valence-corrected chi connectivity index (χ2v) is 5.83. The molecule has 0 atom stereocenters. The summed E-state index contributed by atoms with van der Waals surface area (Å²) in [7, 11) is 3.76. The Morgan fingerprint density at radius 1 is 1.19 bits per heavy atom. The number of hydrogen-bond acceptors (Lipinski definition) is 8. The van der Waals surface area contributed by atoms with Gasteiger partial charge in [-0.2, -0.15) is 0 Å². The summed E-state index contributed by atoms with van der Waals surface area (Å²) in [6.07, 6.45) is 0. The van der Waals surface area contributed by atoms with E-state index < -0.39 is 10.9 Å². The Bertz CT molecular complexity index is 966. The lowest BCUT2D eigenvalue weighted by atomic mass is 10.2. The Labute approximate surface area is 154 Å². The molecule has 3 aromatic rings. The van der Waals surface area contributed by atoms with Crippen molar-refractivity contribution in [3.05, 3.63) is 70.1 Å². The molecule has 2 aromatic carbocycles. The maximum Gasteiger partial charge on any atom is 0.338 e. The molecular weight excluding hydrogens is 352 g/mol. The summed E-state index contributed by atoms with van der Waals surface area (Å²) in [5.74, 6) is -0.195. The van der Waals surface area contributed by atoms with Crippen LogP contribution in [0.15, 0.2) is 52.9 Å². The lowest BCUT2D eigenvalue weighted by Gasteiger charge is -2.12. The van der Waals surface area contributed by atoms with E-state index in [4.69, 9.17) is 9.15 Å². The average molecular weight is 368 g/mol. The summed E-state index contributed by atoms with van der Waals surface area (Å²) in [4.78, 5) is 24.2. The molecule has 0 aliphatic rings. The molecule has 9 heteroatoms.